The van der Waals surface area contributed by atoms with Gasteiger partial charge in [-0.15, -0.1) is 0 Å². The fourth-order valence-corrected chi connectivity index (χ4v) is 5.81. The van der Waals surface area contributed by atoms with Crippen LogP contribution in [0.4, 0.5) is 0 Å². The van der Waals surface area contributed by atoms with Crippen molar-refractivity contribution >= 4 is 11.9 Å². The Kier molecular flexibility index (Phi) is 6.74. The highest BCUT2D eigenvalue weighted by molar-refractivity contribution is 5.96. The SMILES string of the molecule is CCC(c1ccccc1)C1C(=O)OC(=O)C1C.CCC(c1ccccc1)C1C(C)C2(OO2)OC12OO2. The van der Waals surface area contributed by atoms with Gasteiger partial charge in [-0.25, -0.2) is 0 Å². The molecule has 0 radical (unpaired) electrons. The zero-order valence-electron chi connectivity index (χ0n) is 20.9. The summed E-state index contributed by atoms with van der Waals surface area (Å²) in [7, 11) is 0. The van der Waals surface area contributed by atoms with Crippen LogP contribution >= 0.6 is 0 Å². The second-order valence-corrected chi connectivity index (χ2v) is 9.86. The molecule has 4 aliphatic heterocycles. The van der Waals surface area contributed by atoms with Gasteiger partial charge in [-0.1, -0.05) is 88.4 Å². The molecule has 4 saturated heterocycles. The molecule has 0 N–H and O–H groups in total. The molecule has 6 atom stereocenters. The second-order valence-electron chi connectivity index (χ2n) is 9.86. The number of carbonyl (C=O) groups excluding carboxylic acids is 2. The van der Waals surface area contributed by atoms with E-state index in [4.69, 9.17) is 29.0 Å². The number of benzene rings is 2. The van der Waals surface area contributed by atoms with Crippen LogP contribution in [0.25, 0.3) is 0 Å². The van der Waals surface area contributed by atoms with Gasteiger partial charge in [0.2, 0.25) is 0 Å². The van der Waals surface area contributed by atoms with E-state index in [1.54, 1.807) is 6.92 Å². The number of rotatable bonds is 6. The summed E-state index contributed by atoms with van der Waals surface area (Å²) in [6.45, 7) is 7.99. The quantitative estimate of drug-likeness (QED) is 0.232. The highest BCUT2D eigenvalue weighted by Gasteiger charge is 2.80. The standard InChI is InChI=1S/C14H16O5.C14H16O3/c1-3-11(10-7-5-4-6-8-10)12-9(2)13(16-17-13)15-14(12)18-19-14;1-3-11(10-7-5-4-6-8-10)12-9(2)13(15)17-14(12)16/h4-9,11-12H,3H2,1-2H3;4-9,11-12H,3H2,1-2H3. The molecule has 4 heterocycles. The number of ether oxygens (including phenoxy) is 2. The Bertz CT molecular complexity index is 1080. The van der Waals surface area contributed by atoms with Gasteiger partial charge in [0.25, 0.3) is 0 Å². The minimum atomic E-state index is -0.994. The van der Waals surface area contributed by atoms with Crippen molar-refractivity contribution in [1.82, 2.24) is 0 Å². The maximum Gasteiger partial charge on any atom is 0.348 e. The molecule has 0 amide bonds. The third-order valence-electron chi connectivity index (χ3n) is 7.87. The molecule has 2 aromatic rings. The van der Waals surface area contributed by atoms with E-state index < -0.39 is 17.9 Å². The van der Waals surface area contributed by atoms with Crippen LogP contribution in [0, 0.1) is 23.7 Å². The molecule has 4 fully saturated rings. The number of hydrogen-bond acceptors (Lipinski definition) is 8. The fraction of sp³-hybridized carbons (Fsp3) is 0.500. The van der Waals surface area contributed by atoms with Crippen LogP contribution in [0.2, 0.25) is 0 Å². The summed E-state index contributed by atoms with van der Waals surface area (Å²) in [4.78, 5) is 43.5. The van der Waals surface area contributed by atoms with Crippen LogP contribution in [0.15, 0.2) is 60.7 Å². The van der Waals surface area contributed by atoms with E-state index in [-0.39, 0.29) is 41.5 Å². The van der Waals surface area contributed by atoms with Crippen LogP contribution in [0.1, 0.15) is 63.5 Å². The molecule has 192 valence electrons. The summed E-state index contributed by atoms with van der Waals surface area (Å²) < 4.78 is 10.4. The van der Waals surface area contributed by atoms with Gasteiger partial charge in [0.05, 0.1) is 23.7 Å². The van der Waals surface area contributed by atoms with Gasteiger partial charge in [-0.3, -0.25) is 14.3 Å². The molecule has 8 heteroatoms. The minimum Gasteiger partial charge on any atom is -0.393 e. The van der Waals surface area contributed by atoms with E-state index in [1.807, 2.05) is 62.4 Å². The molecular formula is C28H32O8. The number of carbonyl (C=O) groups is 2. The highest BCUT2D eigenvalue weighted by Crippen LogP contribution is 2.64. The van der Waals surface area contributed by atoms with E-state index in [2.05, 4.69) is 19.1 Å². The van der Waals surface area contributed by atoms with Crippen LogP contribution in [-0.2, 0) is 38.6 Å². The minimum absolute atomic E-state index is 0.0418. The number of hydrogen-bond donors (Lipinski definition) is 0. The molecular weight excluding hydrogens is 464 g/mol. The Morgan fingerprint density at radius 2 is 1.22 bits per heavy atom. The third-order valence-corrected chi connectivity index (χ3v) is 7.87. The van der Waals surface area contributed by atoms with Gasteiger partial charge in [0.15, 0.2) is 0 Å². The molecule has 4 aliphatic rings. The Morgan fingerprint density at radius 1 is 0.722 bits per heavy atom. The van der Waals surface area contributed by atoms with E-state index in [0.29, 0.717) is 0 Å². The van der Waals surface area contributed by atoms with Crippen LogP contribution < -0.4 is 0 Å². The van der Waals surface area contributed by atoms with Crippen molar-refractivity contribution in [1.29, 1.82) is 0 Å². The Morgan fingerprint density at radius 3 is 1.64 bits per heavy atom. The largest absolute Gasteiger partial charge is 0.393 e. The Balaban J connectivity index is 0.000000149. The van der Waals surface area contributed by atoms with Crippen molar-refractivity contribution in [2.75, 3.05) is 0 Å². The molecule has 0 saturated carbocycles. The molecule has 36 heavy (non-hydrogen) atoms. The van der Waals surface area contributed by atoms with Crippen molar-refractivity contribution in [2.45, 2.75) is 64.3 Å². The zero-order valence-corrected chi connectivity index (χ0v) is 20.9. The first kappa shape index (κ1) is 25.0. The average Bonchev–Trinajstić information content (AvgIpc) is 3.81. The predicted octanol–water partition coefficient (Wildman–Crippen LogP) is 5.21. The predicted molar refractivity (Wildman–Crippen MR) is 126 cm³/mol. The number of esters is 2. The summed E-state index contributed by atoms with van der Waals surface area (Å²) in [5.74, 6) is -3.00. The first-order chi connectivity index (χ1) is 17.4. The molecule has 6 rings (SSSR count). The van der Waals surface area contributed by atoms with Crippen molar-refractivity contribution < 1.29 is 38.6 Å². The van der Waals surface area contributed by atoms with Crippen molar-refractivity contribution in [2.24, 2.45) is 23.7 Å². The van der Waals surface area contributed by atoms with E-state index in [9.17, 15) is 9.59 Å². The Hall–Kier alpha value is -2.62. The molecule has 0 aliphatic carbocycles. The van der Waals surface area contributed by atoms with Gasteiger partial charge in [0.1, 0.15) is 0 Å². The lowest BCUT2D eigenvalue weighted by Gasteiger charge is -2.25. The summed E-state index contributed by atoms with van der Waals surface area (Å²) in [5.41, 5.74) is 2.35. The van der Waals surface area contributed by atoms with Crippen LogP contribution in [0.5, 0.6) is 0 Å². The highest BCUT2D eigenvalue weighted by atomic mass is 17.5. The number of cyclic esters (lactones) is 2. The van der Waals surface area contributed by atoms with E-state index in [1.165, 1.54) is 5.56 Å². The van der Waals surface area contributed by atoms with Gasteiger partial charge in [-0.2, -0.15) is 19.6 Å². The molecule has 2 aromatic carbocycles. The molecule has 2 spiro atoms. The average molecular weight is 497 g/mol. The van der Waals surface area contributed by atoms with Crippen molar-refractivity contribution in [3.63, 3.8) is 0 Å². The normalized spacial score (nSPS) is 30.4. The first-order valence-corrected chi connectivity index (χ1v) is 12.6. The zero-order chi connectivity index (χ0) is 25.5. The van der Waals surface area contributed by atoms with Crippen molar-refractivity contribution in [3.8, 4) is 0 Å². The molecule has 0 aromatic heterocycles. The van der Waals surface area contributed by atoms with Gasteiger partial charge < -0.3 is 4.74 Å². The van der Waals surface area contributed by atoms with Crippen molar-refractivity contribution in [3.05, 3.63) is 71.8 Å². The lowest BCUT2D eigenvalue weighted by atomic mass is 9.77. The topological polar surface area (TPSA) is 103 Å². The van der Waals surface area contributed by atoms with Crippen LogP contribution in [0.3, 0.4) is 0 Å². The fourth-order valence-electron chi connectivity index (χ4n) is 5.81. The maximum absolute atomic E-state index is 11.7. The summed E-state index contributed by atoms with van der Waals surface area (Å²) in [6.07, 6.45) is 1.79. The first-order valence-electron chi connectivity index (χ1n) is 12.6. The molecule has 8 nitrogen and oxygen atoms in total. The second kappa shape index (κ2) is 9.68. The van der Waals surface area contributed by atoms with Gasteiger partial charge >= 0.3 is 23.9 Å². The monoisotopic (exact) mass is 496 g/mol. The van der Waals surface area contributed by atoms with Gasteiger partial charge in [0, 0.05) is 0 Å². The molecule has 0 bridgehead atoms. The lowest BCUT2D eigenvalue weighted by molar-refractivity contribution is -0.153. The summed E-state index contributed by atoms with van der Waals surface area (Å²) in [5, 5.41) is 0. The third kappa shape index (κ3) is 4.37. The summed E-state index contributed by atoms with van der Waals surface area (Å²) >= 11 is 0. The lowest BCUT2D eigenvalue weighted by Crippen LogP contribution is -2.29. The van der Waals surface area contributed by atoms with Gasteiger partial charge in [-0.05, 0) is 35.8 Å². The Labute approximate surface area is 210 Å². The van der Waals surface area contributed by atoms with E-state index >= 15 is 0 Å². The van der Waals surface area contributed by atoms with Crippen LogP contribution in [-0.4, -0.2) is 23.9 Å². The van der Waals surface area contributed by atoms with E-state index in [0.717, 1.165) is 18.4 Å². The summed E-state index contributed by atoms with van der Waals surface area (Å²) in [6, 6.07) is 20.2. The smallest absolute Gasteiger partial charge is 0.348 e. The maximum atomic E-state index is 11.7. The molecule has 6 unspecified atom stereocenters.